The van der Waals surface area contributed by atoms with Crippen LogP contribution in [0, 0.1) is 3.57 Å². The summed E-state index contributed by atoms with van der Waals surface area (Å²) in [5, 5.41) is 3.35. The zero-order valence-electron chi connectivity index (χ0n) is 11.3. The second-order valence-electron chi connectivity index (χ2n) is 4.33. The lowest BCUT2D eigenvalue weighted by Gasteiger charge is -2.10. The highest BCUT2D eigenvalue weighted by Crippen LogP contribution is 2.23. The van der Waals surface area contributed by atoms with Gasteiger partial charge < -0.3 is 5.32 Å². The summed E-state index contributed by atoms with van der Waals surface area (Å²) in [5.41, 5.74) is 2.41. The Morgan fingerprint density at radius 1 is 1.21 bits per heavy atom. The highest BCUT2D eigenvalue weighted by molar-refractivity contribution is 14.1. The number of nitrogens with zero attached hydrogens (tertiary/aromatic N) is 2. The topological polar surface area (TPSA) is 37.8 Å². The summed E-state index contributed by atoms with van der Waals surface area (Å²) in [5.74, 6) is 1.73. The zero-order valence-corrected chi connectivity index (χ0v) is 13.4. The summed E-state index contributed by atoms with van der Waals surface area (Å²) in [6, 6.07) is 8.32. The van der Waals surface area contributed by atoms with Crippen molar-refractivity contribution in [3.05, 3.63) is 39.6 Å². The molecule has 1 aromatic heterocycles. The van der Waals surface area contributed by atoms with Crippen LogP contribution in [0.5, 0.6) is 0 Å². The molecule has 1 N–H and O–H groups in total. The Kier molecular flexibility index (Phi) is 5.13. The Hall–Kier alpha value is -1.17. The summed E-state index contributed by atoms with van der Waals surface area (Å²) in [4.78, 5) is 9.13. The first-order valence-electron chi connectivity index (χ1n) is 6.61. The number of halogens is 1. The lowest BCUT2D eigenvalue weighted by molar-refractivity contribution is 0.962. The van der Waals surface area contributed by atoms with Crippen molar-refractivity contribution in [2.75, 3.05) is 11.9 Å². The van der Waals surface area contributed by atoms with Gasteiger partial charge in [0.1, 0.15) is 5.82 Å². The third-order valence-corrected chi connectivity index (χ3v) is 3.72. The Bertz CT molecular complexity index is 555. The van der Waals surface area contributed by atoms with E-state index in [1.807, 2.05) is 12.3 Å². The third kappa shape index (κ3) is 3.43. The van der Waals surface area contributed by atoms with Gasteiger partial charge in [-0.2, -0.15) is 0 Å². The Balaban J connectivity index is 2.39. The first kappa shape index (κ1) is 14.2. The van der Waals surface area contributed by atoms with E-state index in [0.717, 1.165) is 40.2 Å². The van der Waals surface area contributed by atoms with Crippen LogP contribution < -0.4 is 5.32 Å². The van der Waals surface area contributed by atoms with Crippen molar-refractivity contribution in [1.82, 2.24) is 9.97 Å². The van der Waals surface area contributed by atoms with Gasteiger partial charge in [0.15, 0.2) is 5.82 Å². The average molecular weight is 367 g/mol. The lowest BCUT2D eigenvalue weighted by atomic mass is 10.0. The molecule has 0 spiro atoms. The highest BCUT2D eigenvalue weighted by atomic mass is 127. The minimum atomic E-state index is 0.802. The van der Waals surface area contributed by atoms with Crippen LogP contribution in [0.1, 0.15) is 25.8 Å². The summed E-state index contributed by atoms with van der Waals surface area (Å²) in [7, 11) is 0. The molecular formula is C15H18IN3. The molecule has 2 aromatic rings. The van der Waals surface area contributed by atoms with Crippen LogP contribution in [0.4, 0.5) is 5.82 Å². The number of rotatable bonds is 5. The quantitative estimate of drug-likeness (QED) is 0.808. The number of aryl methyl sites for hydroxylation is 1. The number of anilines is 1. The Morgan fingerprint density at radius 2 is 2.00 bits per heavy atom. The van der Waals surface area contributed by atoms with Crippen LogP contribution in [0.25, 0.3) is 11.4 Å². The van der Waals surface area contributed by atoms with Gasteiger partial charge in [-0.15, -0.1) is 0 Å². The molecule has 4 heteroatoms. The first-order valence-corrected chi connectivity index (χ1v) is 7.68. The van der Waals surface area contributed by atoms with Gasteiger partial charge in [0.2, 0.25) is 0 Å². The van der Waals surface area contributed by atoms with Gasteiger partial charge in [0.05, 0.1) is 3.57 Å². The van der Waals surface area contributed by atoms with Crippen molar-refractivity contribution < 1.29 is 0 Å². The van der Waals surface area contributed by atoms with E-state index in [1.54, 1.807) is 0 Å². The monoisotopic (exact) mass is 367 g/mol. The van der Waals surface area contributed by atoms with Crippen molar-refractivity contribution in [3.63, 3.8) is 0 Å². The molecule has 0 fully saturated rings. The molecule has 0 unspecified atom stereocenters. The van der Waals surface area contributed by atoms with Crippen molar-refractivity contribution >= 4 is 28.4 Å². The first-order chi connectivity index (χ1) is 9.26. The summed E-state index contributed by atoms with van der Waals surface area (Å²) >= 11 is 2.27. The standard InChI is InChI=1S/C15H18IN3/c1-3-9-17-15-13(16)10-18-14(19-15)12-8-6-5-7-11(12)4-2/h5-8,10H,3-4,9H2,1-2H3,(H,17,18,19). The Labute approximate surface area is 128 Å². The zero-order chi connectivity index (χ0) is 13.7. The molecule has 0 aliphatic heterocycles. The fraction of sp³-hybridized carbons (Fsp3) is 0.333. The highest BCUT2D eigenvalue weighted by Gasteiger charge is 2.09. The van der Waals surface area contributed by atoms with Gasteiger partial charge in [-0.3, -0.25) is 0 Å². The van der Waals surface area contributed by atoms with Gasteiger partial charge in [-0.25, -0.2) is 9.97 Å². The smallest absolute Gasteiger partial charge is 0.161 e. The molecule has 19 heavy (non-hydrogen) atoms. The third-order valence-electron chi connectivity index (χ3n) is 2.93. The van der Waals surface area contributed by atoms with E-state index >= 15 is 0 Å². The van der Waals surface area contributed by atoms with Crippen molar-refractivity contribution in [2.24, 2.45) is 0 Å². The number of nitrogens with one attached hydrogen (secondary N) is 1. The molecule has 0 saturated heterocycles. The molecule has 3 nitrogen and oxygen atoms in total. The number of benzene rings is 1. The molecular weight excluding hydrogens is 349 g/mol. The number of aromatic nitrogens is 2. The molecule has 1 aromatic carbocycles. The Morgan fingerprint density at radius 3 is 2.74 bits per heavy atom. The van der Waals surface area contributed by atoms with Gasteiger partial charge in [-0.1, -0.05) is 38.1 Å². The van der Waals surface area contributed by atoms with Crippen LogP contribution >= 0.6 is 22.6 Å². The predicted octanol–water partition coefficient (Wildman–Crippen LogP) is 4.13. The largest absolute Gasteiger partial charge is 0.369 e. The van der Waals surface area contributed by atoms with Crippen LogP contribution in [-0.4, -0.2) is 16.5 Å². The molecule has 2 rings (SSSR count). The average Bonchev–Trinajstić information content (AvgIpc) is 2.46. The van der Waals surface area contributed by atoms with Crippen LogP contribution in [0.15, 0.2) is 30.5 Å². The fourth-order valence-corrected chi connectivity index (χ4v) is 2.36. The van der Waals surface area contributed by atoms with E-state index < -0.39 is 0 Å². The van der Waals surface area contributed by atoms with Gasteiger partial charge in [0.25, 0.3) is 0 Å². The second kappa shape index (κ2) is 6.84. The van der Waals surface area contributed by atoms with Crippen molar-refractivity contribution in [1.29, 1.82) is 0 Å². The molecule has 0 bridgehead atoms. The number of hydrogen-bond donors (Lipinski definition) is 1. The van der Waals surface area contributed by atoms with Gasteiger partial charge in [0, 0.05) is 18.3 Å². The second-order valence-corrected chi connectivity index (χ2v) is 5.49. The van der Waals surface area contributed by atoms with E-state index in [0.29, 0.717) is 0 Å². The van der Waals surface area contributed by atoms with E-state index in [2.05, 4.69) is 69.9 Å². The van der Waals surface area contributed by atoms with Crippen molar-refractivity contribution in [3.8, 4) is 11.4 Å². The SMILES string of the molecule is CCCNc1nc(-c2ccccc2CC)ncc1I. The summed E-state index contributed by atoms with van der Waals surface area (Å²) in [6.07, 6.45) is 3.96. The molecule has 1 heterocycles. The fourth-order valence-electron chi connectivity index (χ4n) is 1.91. The minimum Gasteiger partial charge on any atom is -0.369 e. The molecule has 0 radical (unpaired) electrons. The van der Waals surface area contributed by atoms with Gasteiger partial charge >= 0.3 is 0 Å². The molecule has 0 saturated carbocycles. The van der Waals surface area contributed by atoms with Crippen molar-refractivity contribution in [2.45, 2.75) is 26.7 Å². The van der Waals surface area contributed by atoms with E-state index in [-0.39, 0.29) is 0 Å². The number of hydrogen-bond acceptors (Lipinski definition) is 3. The molecule has 0 atom stereocenters. The summed E-state index contributed by atoms with van der Waals surface area (Å²) < 4.78 is 1.06. The summed E-state index contributed by atoms with van der Waals surface area (Å²) in [6.45, 7) is 5.23. The van der Waals surface area contributed by atoms with E-state index in [1.165, 1.54) is 5.56 Å². The maximum Gasteiger partial charge on any atom is 0.161 e. The lowest BCUT2D eigenvalue weighted by Crippen LogP contribution is -2.06. The van der Waals surface area contributed by atoms with Crippen LogP contribution in [-0.2, 0) is 6.42 Å². The maximum atomic E-state index is 4.66. The van der Waals surface area contributed by atoms with Gasteiger partial charge in [-0.05, 0) is 41.0 Å². The normalized spacial score (nSPS) is 10.5. The van der Waals surface area contributed by atoms with Crippen LogP contribution in [0.2, 0.25) is 0 Å². The van der Waals surface area contributed by atoms with Crippen LogP contribution in [0.3, 0.4) is 0 Å². The molecule has 0 aliphatic carbocycles. The molecule has 0 amide bonds. The van der Waals surface area contributed by atoms with E-state index in [4.69, 9.17) is 0 Å². The molecule has 0 aliphatic rings. The minimum absolute atomic E-state index is 0.802. The van der Waals surface area contributed by atoms with E-state index in [9.17, 15) is 0 Å². The molecule has 100 valence electrons. The predicted molar refractivity (Wildman–Crippen MR) is 88.3 cm³/mol. The maximum absolute atomic E-state index is 4.66.